The molecule has 0 N–H and O–H groups in total. The summed E-state index contributed by atoms with van der Waals surface area (Å²) in [6.07, 6.45) is 9.00. The van der Waals surface area contributed by atoms with Gasteiger partial charge >= 0.3 is 0 Å². The molecule has 0 bridgehead atoms. The molecule has 0 saturated carbocycles. The van der Waals surface area contributed by atoms with E-state index in [2.05, 4.69) is 104 Å². The van der Waals surface area contributed by atoms with E-state index in [1.54, 1.807) is 0 Å². The number of rotatable bonds is 3. The van der Waals surface area contributed by atoms with Crippen LogP contribution in [0.3, 0.4) is 0 Å². The third-order valence-corrected chi connectivity index (χ3v) is 6.21. The van der Waals surface area contributed by atoms with Crippen LogP contribution in [-0.4, -0.2) is 7.05 Å². The Labute approximate surface area is 188 Å². The van der Waals surface area contributed by atoms with Crippen LogP contribution >= 0.6 is 11.3 Å². The van der Waals surface area contributed by atoms with E-state index in [1.165, 1.54) is 43.5 Å². The van der Waals surface area contributed by atoms with Gasteiger partial charge in [0.05, 0.1) is 0 Å². The number of thiazole rings is 1. The Morgan fingerprint density at radius 1 is 1.00 bits per heavy atom. The number of halogens is 1. The maximum atomic E-state index is 2.33. The van der Waals surface area contributed by atoms with Gasteiger partial charge in [0.2, 0.25) is 0 Å². The van der Waals surface area contributed by atoms with Gasteiger partial charge in [-0.1, -0.05) is 58.9 Å². The summed E-state index contributed by atoms with van der Waals surface area (Å²) in [6.45, 7) is 7.43. The van der Waals surface area contributed by atoms with Crippen LogP contribution in [0.1, 0.15) is 28.6 Å². The third kappa shape index (κ3) is 4.08. The van der Waals surface area contributed by atoms with Crippen LogP contribution in [0.15, 0.2) is 60.4 Å². The number of likely N-dealkylation sites (N-methyl/N-ethyl adjacent to an activating group) is 1. The van der Waals surface area contributed by atoms with Crippen molar-refractivity contribution in [3.63, 3.8) is 0 Å². The summed E-state index contributed by atoms with van der Waals surface area (Å²) in [4.78, 5) is 3.59. The number of aryl methyl sites for hydroxylation is 3. The van der Waals surface area contributed by atoms with Crippen molar-refractivity contribution in [3.8, 4) is 10.4 Å². The van der Waals surface area contributed by atoms with Crippen molar-refractivity contribution >= 4 is 29.2 Å². The fourth-order valence-corrected chi connectivity index (χ4v) is 4.56. The average molecular weight is 500 g/mol. The van der Waals surface area contributed by atoms with E-state index >= 15 is 0 Å². The van der Waals surface area contributed by atoms with Gasteiger partial charge < -0.3 is 28.9 Å². The molecule has 4 heteroatoms. The normalized spacial score (nSPS) is 14.1. The highest BCUT2D eigenvalue weighted by molar-refractivity contribution is 7.15. The van der Waals surface area contributed by atoms with Crippen molar-refractivity contribution in [2.24, 2.45) is 0 Å². The molecule has 1 aliphatic heterocycles. The number of hydrogen-bond acceptors (Lipinski definition) is 2. The molecule has 1 aliphatic rings. The van der Waals surface area contributed by atoms with Crippen molar-refractivity contribution in [2.45, 2.75) is 27.3 Å². The van der Waals surface area contributed by atoms with Crippen LogP contribution in [0.25, 0.3) is 22.6 Å². The summed E-state index contributed by atoms with van der Waals surface area (Å²) in [5, 5.41) is 1.27. The second-order valence-electron chi connectivity index (χ2n) is 7.11. The van der Waals surface area contributed by atoms with Gasteiger partial charge in [0, 0.05) is 24.5 Å². The molecule has 0 fully saturated rings. The molecular formula is C24H25IN2S. The fourth-order valence-electron chi connectivity index (χ4n) is 3.42. The number of fused-ring (bicyclic) bond motifs is 1. The lowest BCUT2D eigenvalue weighted by molar-refractivity contribution is -0.690. The van der Waals surface area contributed by atoms with Crippen molar-refractivity contribution < 1.29 is 28.5 Å². The molecule has 0 radical (unpaired) electrons. The molecule has 4 rings (SSSR count). The molecule has 28 heavy (non-hydrogen) atoms. The van der Waals surface area contributed by atoms with Gasteiger partial charge in [-0.15, -0.1) is 0 Å². The second kappa shape index (κ2) is 8.62. The number of nitrogens with zero attached hydrogens (tertiary/aromatic N) is 2. The topological polar surface area (TPSA) is 7.12 Å². The average Bonchev–Trinajstić information content (AvgIpc) is 3.07. The highest BCUT2D eigenvalue weighted by atomic mass is 127. The Morgan fingerprint density at radius 2 is 1.71 bits per heavy atom. The van der Waals surface area contributed by atoms with Gasteiger partial charge in [0.15, 0.2) is 6.20 Å². The van der Waals surface area contributed by atoms with Crippen LogP contribution in [0.5, 0.6) is 0 Å². The number of benzene rings is 2. The zero-order valence-electron chi connectivity index (χ0n) is 16.7. The highest BCUT2D eigenvalue weighted by Gasteiger charge is 2.19. The highest BCUT2D eigenvalue weighted by Crippen LogP contribution is 2.32. The first-order chi connectivity index (χ1) is 13.0. The zero-order chi connectivity index (χ0) is 19.0. The fraction of sp³-hybridized carbons (Fsp3) is 0.208. The molecule has 2 aromatic carbocycles. The van der Waals surface area contributed by atoms with Crippen LogP contribution < -0.4 is 33.4 Å². The van der Waals surface area contributed by atoms with E-state index in [9.17, 15) is 0 Å². The van der Waals surface area contributed by atoms with Crippen LogP contribution in [0, 0.1) is 13.8 Å². The first-order valence-electron chi connectivity index (χ1n) is 9.39. The van der Waals surface area contributed by atoms with Crippen molar-refractivity contribution in [1.82, 2.24) is 0 Å². The number of anilines is 1. The quantitative estimate of drug-likeness (QED) is 0.397. The third-order valence-electron chi connectivity index (χ3n) is 5.08. The molecule has 3 aromatic rings. The van der Waals surface area contributed by atoms with Gasteiger partial charge in [-0.3, -0.25) is 0 Å². The van der Waals surface area contributed by atoms with Crippen LogP contribution in [0.4, 0.5) is 5.69 Å². The number of allylic oxidation sites excluding steroid dienone is 1. The summed E-state index contributed by atoms with van der Waals surface area (Å²) < 4.78 is 2.33. The molecule has 0 atom stereocenters. The molecule has 2 nitrogen and oxygen atoms in total. The van der Waals surface area contributed by atoms with Gasteiger partial charge in [-0.25, -0.2) is 0 Å². The smallest absolute Gasteiger partial charge is 0.264 e. The predicted octanol–water partition coefficient (Wildman–Crippen LogP) is 2.85. The van der Waals surface area contributed by atoms with Crippen molar-refractivity contribution in [1.29, 1.82) is 0 Å². The summed E-state index contributed by atoms with van der Waals surface area (Å²) >= 11 is 1.85. The first-order valence-corrected chi connectivity index (χ1v) is 10.2. The molecule has 0 aliphatic carbocycles. The predicted molar refractivity (Wildman–Crippen MR) is 117 cm³/mol. The molecule has 0 spiro atoms. The van der Waals surface area contributed by atoms with Crippen LogP contribution in [-0.2, 0) is 6.54 Å². The molecule has 0 saturated heterocycles. The Morgan fingerprint density at radius 3 is 2.43 bits per heavy atom. The summed E-state index contributed by atoms with van der Waals surface area (Å²) in [5.74, 6) is 0. The lowest BCUT2D eigenvalue weighted by Gasteiger charge is -2.26. The Balaban J connectivity index is 0.00000225. The molecule has 0 unspecified atom stereocenters. The molecular weight excluding hydrogens is 475 g/mol. The lowest BCUT2D eigenvalue weighted by Crippen LogP contribution is -3.00. The van der Waals surface area contributed by atoms with Crippen molar-refractivity contribution in [2.75, 3.05) is 11.9 Å². The summed E-state index contributed by atoms with van der Waals surface area (Å²) in [6, 6.07) is 15.4. The number of aromatic nitrogens is 1. The molecule has 0 amide bonds. The standard InChI is InChI=1S/C24H25N2S.HI/c1-5-26-16-23(19-9-6-17(2)7-10-19)27-24(26)15-21-12-11-20-14-18(3)8-13-22(20)25(21)4;/h6-16H,5H2,1-4H3;1H/q+1;/p-1. The minimum Gasteiger partial charge on any atom is -1.00 e. The first kappa shape index (κ1) is 20.8. The largest absolute Gasteiger partial charge is 1.00 e. The van der Waals surface area contributed by atoms with Gasteiger partial charge in [0.25, 0.3) is 5.01 Å². The summed E-state index contributed by atoms with van der Waals surface area (Å²) in [7, 11) is 2.15. The lowest BCUT2D eigenvalue weighted by atomic mass is 10.0. The molecule has 1 aromatic heterocycles. The van der Waals surface area contributed by atoms with Gasteiger partial charge in [0.1, 0.15) is 11.4 Å². The van der Waals surface area contributed by atoms with Crippen molar-refractivity contribution in [3.05, 3.63) is 82.1 Å². The molecule has 144 valence electrons. The SMILES string of the molecule is CC[n+]1cc(-c2ccc(C)cc2)sc1C=C1C=Cc2cc(C)ccc2N1C.[I-]. The van der Waals surface area contributed by atoms with E-state index in [-0.39, 0.29) is 24.0 Å². The van der Waals surface area contributed by atoms with Crippen LogP contribution in [0.2, 0.25) is 0 Å². The number of hydrogen-bond donors (Lipinski definition) is 0. The second-order valence-corrected chi connectivity index (χ2v) is 8.17. The summed E-state index contributed by atoms with van der Waals surface area (Å²) in [5.41, 5.74) is 7.63. The Kier molecular flexibility index (Phi) is 6.40. The van der Waals surface area contributed by atoms with E-state index in [1.807, 2.05) is 11.3 Å². The molecule has 2 heterocycles. The maximum absolute atomic E-state index is 2.33. The van der Waals surface area contributed by atoms with E-state index < -0.39 is 0 Å². The Hall–Kier alpha value is -1.92. The minimum absolute atomic E-state index is 0. The van der Waals surface area contributed by atoms with E-state index in [4.69, 9.17) is 0 Å². The Bertz CT molecular complexity index is 1040. The van der Waals surface area contributed by atoms with E-state index in [0.29, 0.717) is 0 Å². The maximum Gasteiger partial charge on any atom is 0.264 e. The minimum atomic E-state index is 0. The van der Waals surface area contributed by atoms with Gasteiger partial charge in [-0.05, 0) is 50.1 Å². The zero-order valence-corrected chi connectivity index (χ0v) is 19.7. The van der Waals surface area contributed by atoms with Gasteiger partial charge in [-0.2, -0.15) is 4.57 Å². The monoisotopic (exact) mass is 500 g/mol. The van der Waals surface area contributed by atoms with E-state index in [0.717, 1.165) is 6.54 Å².